The van der Waals surface area contributed by atoms with Crippen LogP contribution in [0.15, 0.2) is 70.9 Å². The summed E-state index contributed by atoms with van der Waals surface area (Å²) in [6.45, 7) is 18.3. The van der Waals surface area contributed by atoms with Gasteiger partial charge in [-0.25, -0.2) is 0 Å². The Kier molecular flexibility index (Phi) is 8.20. The molecule has 0 aliphatic heterocycles. The molecule has 0 aliphatic rings. The molecule has 4 nitrogen and oxygen atoms in total. The van der Waals surface area contributed by atoms with Gasteiger partial charge in [-0.05, 0) is 76.4 Å². The van der Waals surface area contributed by atoms with E-state index in [9.17, 15) is 0 Å². The number of para-hydroxylation sites is 2. The molecular weight excluding hydrogens is 400 g/mol. The molecule has 30 heavy (non-hydrogen) atoms. The number of nitrogens with zero attached hydrogens (tertiary/aromatic N) is 4. The summed E-state index contributed by atoms with van der Waals surface area (Å²) in [6.07, 6.45) is 1.71. The van der Waals surface area contributed by atoms with Crippen molar-refractivity contribution in [3.63, 3.8) is 0 Å². The molecule has 0 unspecified atom stereocenters. The van der Waals surface area contributed by atoms with E-state index in [0.717, 1.165) is 35.6 Å². The van der Waals surface area contributed by atoms with E-state index in [2.05, 4.69) is 123 Å². The summed E-state index contributed by atoms with van der Waals surface area (Å²) < 4.78 is 4.52. The average Bonchev–Trinajstić information content (AvgIpc) is 2.70. The third kappa shape index (κ3) is 6.41. The van der Waals surface area contributed by atoms with Crippen molar-refractivity contribution in [2.45, 2.75) is 66.0 Å². The smallest absolute Gasteiger partial charge is 0.176 e. The number of hydrazone groups is 2. The first kappa shape index (κ1) is 24.1. The lowest BCUT2D eigenvalue weighted by molar-refractivity contribution is 1.07. The molecule has 0 fully saturated rings. The molecule has 2 aromatic rings. The standard InChI is InChI=1S/C24H38N4Si2/c1-9-23(25-27(29(3,4)5)21-17-13-11-14-18-21)24(10-2)26-28(30(6,7)8)22-19-15-12-16-20-22/h11-20H,9-10H2,1-8H3/b25-23+,26-24+. The third-order valence-corrected chi connectivity index (χ3v) is 7.97. The summed E-state index contributed by atoms with van der Waals surface area (Å²) in [7, 11) is -3.44. The van der Waals surface area contributed by atoms with Crippen molar-refractivity contribution in [3.8, 4) is 0 Å². The third-order valence-electron chi connectivity index (χ3n) is 4.72. The predicted molar refractivity (Wildman–Crippen MR) is 140 cm³/mol. The van der Waals surface area contributed by atoms with Crippen molar-refractivity contribution < 1.29 is 0 Å². The molecular formula is C24H38N4Si2. The molecule has 162 valence electrons. The van der Waals surface area contributed by atoms with Crippen LogP contribution in [0.2, 0.25) is 39.3 Å². The summed E-state index contributed by atoms with van der Waals surface area (Å²) in [6, 6.07) is 21.0. The van der Waals surface area contributed by atoms with Gasteiger partial charge in [0.05, 0.1) is 11.4 Å². The summed E-state index contributed by atoms with van der Waals surface area (Å²) in [5.41, 5.74) is 4.46. The Morgan fingerprint density at radius 3 is 1.13 bits per heavy atom. The van der Waals surface area contributed by atoms with E-state index >= 15 is 0 Å². The van der Waals surface area contributed by atoms with Gasteiger partial charge in [-0.3, -0.25) is 9.35 Å². The molecule has 0 radical (unpaired) electrons. The molecule has 2 aromatic carbocycles. The van der Waals surface area contributed by atoms with Gasteiger partial charge in [0.1, 0.15) is 0 Å². The quantitative estimate of drug-likeness (QED) is 0.235. The number of hydrogen-bond donors (Lipinski definition) is 0. The van der Waals surface area contributed by atoms with Crippen LogP contribution in [-0.2, 0) is 0 Å². The zero-order chi connectivity index (χ0) is 22.4. The van der Waals surface area contributed by atoms with Crippen molar-refractivity contribution >= 4 is 39.3 Å². The Morgan fingerprint density at radius 1 is 0.600 bits per heavy atom. The van der Waals surface area contributed by atoms with Crippen molar-refractivity contribution in [2.75, 3.05) is 9.35 Å². The maximum atomic E-state index is 5.21. The fourth-order valence-electron chi connectivity index (χ4n) is 3.23. The van der Waals surface area contributed by atoms with Gasteiger partial charge < -0.3 is 0 Å². The van der Waals surface area contributed by atoms with Gasteiger partial charge in [0.2, 0.25) is 0 Å². The molecule has 6 heteroatoms. The Morgan fingerprint density at radius 2 is 0.900 bits per heavy atom. The zero-order valence-electron chi connectivity index (χ0n) is 20.0. The second-order valence-corrected chi connectivity index (χ2v) is 19.0. The van der Waals surface area contributed by atoms with Crippen LogP contribution in [0.3, 0.4) is 0 Å². The van der Waals surface area contributed by atoms with E-state index in [1.54, 1.807) is 0 Å². The first-order chi connectivity index (χ1) is 14.1. The first-order valence-electron chi connectivity index (χ1n) is 10.9. The van der Waals surface area contributed by atoms with E-state index in [1.165, 1.54) is 0 Å². The van der Waals surface area contributed by atoms with Gasteiger partial charge in [0.25, 0.3) is 0 Å². The molecule has 0 atom stereocenters. The van der Waals surface area contributed by atoms with Crippen LogP contribution in [-0.4, -0.2) is 27.9 Å². The summed E-state index contributed by atoms with van der Waals surface area (Å²) in [4.78, 5) is 0. The van der Waals surface area contributed by atoms with Crippen LogP contribution >= 0.6 is 0 Å². The summed E-state index contributed by atoms with van der Waals surface area (Å²) in [5, 5.41) is 10.4. The predicted octanol–water partition coefficient (Wildman–Crippen LogP) is 7.20. The van der Waals surface area contributed by atoms with E-state index in [4.69, 9.17) is 10.2 Å². The maximum absolute atomic E-state index is 5.21. The fourth-order valence-corrected chi connectivity index (χ4v) is 5.92. The largest absolute Gasteiger partial charge is 0.295 e. The highest BCUT2D eigenvalue weighted by atomic mass is 28.3. The van der Waals surface area contributed by atoms with Crippen molar-refractivity contribution in [1.29, 1.82) is 0 Å². The van der Waals surface area contributed by atoms with Crippen LogP contribution < -0.4 is 9.35 Å². The van der Waals surface area contributed by atoms with Crippen molar-refractivity contribution in [3.05, 3.63) is 60.7 Å². The lowest BCUT2D eigenvalue weighted by atomic mass is 10.1. The highest BCUT2D eigenvalue weighted by molar-refractivity contribution is 6.80. The van der Waals surface area contributed by atoms with Gasteiger partial charge in [-0.1, -0.05) is 50.2 Å². The van der Waals surface area contributed by atoms with Gasteiger partial charge in [0, 0.05) is 11.4 Å². The lowest BCUT2D eigenvalue weighted by Gasteiger charge is -2.34. The van der Waals surface area contributed by atoms with Crippen LogP contribution in [0.1, 0.15) is 26.7 Å². The molecule has 0 saturated carbocycles. The number of rotatable bonds is 9. The minimum absolute atomic E-state index is 0.856. The second-order valence-electron chi connectivity index (χ2n) is 9.44. The monoisotopic (exact) mass is 438 g/mol. The topological polar surface area (TPSA) is 31.2 Å². The molecule has 0 N–H and O–H groups in total. The van der Waals surface area contributed by atoms with Gasteiger partial charge in [0.15, 0.2) is 16.5 Å². The highest BCUT2D eigenvalue weighted by Gasteiger charge is 2.27. The van der Waals surface area contributed by atoms with Crippen molar-refractivity contribution in [2.24, 2.45) is 10.2 Å². The molecule has 0 saturated heterocycles. The zero-order valence-corrected chi connectivity index (χ0v) is 22.0. The van der Waals surface area contributed by atoms with Gasteiger partial charge in [-0.2, -0.15) is 10.2 Å². The molecule has 0 heterocycles. The number of hydrogen-bond acceptors (Lipinski definition) is 4. The Hall–Kier alpha value is -2.19. The molecule has 2 rings (SSSR count). The second kappa shape index (κ2) is 10.2. The van der Waals surface area contributed by atoms with E-state index in [0.29, 0.717) is 0 Å². The SMILES string of the molecule is CCC(=N\N(c1ccccc1)[Si](C)(C)C)/C(CC)=N/N(c1ccccc1)[Si](C)(C)C. The van der Waals surface area contributed by atoms with Crippen LogP contribution in [0, 0.1) is 0 Å². The minimum atomic E-state index is -1.72. The summed E-state index contributed by atoms with van der Waals surface area (Å²) in [5.74, 6) is 0. The summed E-state index contributed by atoms with van der Waals surface area (Å²) >= 11 is 0. The van der Waals surface area contributed by atoms with E-state index in [1.807, 2.05) is 0 Å². The first-order valence-corrected chi connectivity index (χ1v) is 17.8. The Balaban J connectivity index is 2.56. The average molecular weight is 439 g/mol. The van der Waals surface area contributed by atoms with Crippen LogP contribution in [0.5, 0.6) is 0 Å². The number of anilines is 2. The molecule has 0 spiro atoms. The molecule has 0 bridgehead atoms. The highest BCUT2D eigenvalue weighted by Crippen LogP contribution is 2.24. The lowest BCUT2D eigenvalue weighted by Crippen LogP contribution is -2.45. The Labute approximate surface area is 185 Å². The fraction of sp³-hybridized carbons (Fsp3) is 0.417. The van der Waals surface area contributed by atoms with Crippen molar-refractivity contribution in [1.82, 2.24) is 0 Å². The molecule has 0 aliphatic carbocycles. The Bertz CT molecular complexity index is 777. The van der Waals surface area contributed by atoms with Crippen LogP contribution in [0.4, 0.5) is 11.4 Å². The van der Waals surface area contributed by atoms with Crippen LogP contribution in [0.25, 0.3) is 0 Å². The van der Waals surface area contributed by atoms with Gasteiger partial charge >= 0.3 is 0 Å². The number of benzene rings is 2. The van der Waals surface area contributed by atoms with E-state index in [-0.39, 0.29) is 0 Å². The maximum Gasteiger partial charge on any atom is 0.176 e. The molecule has 0 aromatic heterocycles. The van der Waals surface area contributed by atoms with Gasteiger partial charge in [-0.15, -0.1) is 0 Å². The normalized spacial score (nSPS) is 13.3. The minimum Gasteiger partial charge on any atom is -0.295 e. The van der Waals surface area contributed by atoms with E-state index < -0.39 is 16.5 Å². The molecule has 0 amide bonds.